The first-order valence-electron chi connectivity index (χ1n) is 8.25. The third kappa shape index (κ3) is 4.17. The fourth-order valence-electron chi connectivity index (χ4n) is 3.51. The van der Waals surface area contributed by atoms with E-state index in [1.807, 2.05) is 12.1 Å². The minimum Gasteiger partial charge on any atom is -0.370 e. The second-order valence-corrected chi connectivity index (χ2v) is 6.33. The number of halogens is 1. The van der Waals surface area contributed by atoms with Crippen molar-refractivity contribution in [3.05, 3.63) is 30.1 Å². The molecule has 0 unspecified atom stereocenters. The van der Waals surface area contributed by atoms with Gasteiger partial charge < -0.3 is 15.1 Å². The van der Waals surface area contributed by atoms with Gasteiger partial charge in [-0.05, 0) is 69.1 Å². The molecule has 0 spiro atoms. The molecule has 0 aromatic heterocycles. The molecule has 21 heavy (non-hydrogen) atoms. The van der Waals surface area contributed by atoms with Gasteiger partial charge in [-0.1, -0.05) is 0 Å². The summed E-state index contributed by atoms with van der Waals surface area (Å²) in [7, 11) is 0. The van der Waals surface area contributed by atoms with Crippen molar-refractivity contribution >= 4 is 5.69 Å². The Bertz CT molecular complexity index is 428. The molecule has 116 valence electrons. The van der Waals surface area contributed by atoms with Crippen LogP contribution in [0.1, 0.15) is 19.3 Å². The molecular weight excluding hydrogens is 265 g/mol. The number of nitrogens with one attached hydrogen (secondary N) is 1. The van der Waals surface area contributed by atoms with Crippen molar-refractivity contribution in [2.45, 2.75) is 19.3 Å². The maximum absolute atomic E-state index is 13.0. The van der Waals surface area contributed by atoms with Gasteiger partial charge in [-0.3, -0.25) is 0 Å². The van der Waals surface area contributed by atoms with E-state index < -0.39 is 0 Å². The van der Waals surface area contributed by atoms with E-state index in [1.54, 1.807) is 12.1 Å². The molecule has 0 radical (unpaired) electrons. The number of piperidine rings is 1. The molecule has 0 amide bonds. The van der Waals surface area contributed by atoms with Gasteiger partial charge in [-0.2, -0.15) is 0 Å². The van der Waals surface area contributed by atoms with E-state index in [-0.39, 0.29) is 5.82 Å². The van der Waals surface area contributed by atoms with Gasteiger partial charge in [0.05, 0.1) is 0 Å². The minimum atomic E-state index is -0.153. The van der Waals surface area contributed by atoms with Crippen molar-refractivity contribution in [1.82, 2.24) is 10.2 Å². The van der Waals surface area contributed by atoms with Gasteiger partial charge in [0.1, 0.15) is 5.82 Å². The lowest BCUT2D eigenvalue weighted by Gasteiger charge is -2.29. The topological polar surface area (TPSA) is 18.5 Å². The van der Waals surface area contributed by atoms with E-state index in [2.05, 4.69) is 15.1 Å². The molecule has 2 aliphatic heterocycles. The van der Waals surface area contributed by atoms with Gasteiger partial charge >= 0.3 is 0 Å². The van der Waals surface area contributed by atoms with E-state index in [9.17, 15) is 4.39 Å². The molecule has 2 heterocycles. The predicted molar refractivity (Wildman–Crippen MR) is 85.3 cm³/mol. The van der Waals surface area contributed by atoms with Crippen LogP contribution in [0.2, 0.25) is 0 Å². The first-order chi connectivity index (χ1) is 10.3. The molecule has 1 N–H and O–H groups in total. The molecule has 1 atom stereocenters. The average molecular weight is 291 g/mol. The second-order valence-electron chi connectivity index (χ2n) is 6.33. The van der Waals surface area contributed by atoms with Crippen LogP contribution in [-0.4, -0.2) is 50.7 Å². The first-order valence-corrected chi connectivity index (χ1v) is 8.25. The van der Waals surface area contributed by atoms with Gasteiger partial charge in [0.25, 0.3) is 0 Å². The largest absolute Gasteiger partial charge is 0.370 e. The van der Waals surface area contributed by atoms with Crippen molar-refractivity contribution in [1.29, 1.82) is 0 Å². The van der Waals surface area contributed by atoms with E-state index in [1.165, 1.54) is 45.4 Å². The summed E-state index contributed by atoms with van der Waals surface area (Å²) in [4.78, 5) is 5.00. The Morgan fingerprint density at radius 2 is 1.90 bits per heavy atom. The molecule has 4 heteroatoms. The Morgan fingerprint density at radius 1 is 1.05 bits per heavy atom. The summed E-state index contributed by atoms with van der Waals surface area (Å²) in [6.07, 6.45) is 3.88. The van der Waals surface area contributed by atoms with Crippen LogP contribution in [0.15, 0.2) is 24.3 Å². The molecule has 1 aromatic carbocycles. The highest BCUT2D eigenvalue weighted by atomic mass is 19.1. The highest BCUT2D eigenvalue weighted by molar-refractivity contribution is 5.46. The summed E-state index contributed by atoms with van der Waals surface area (Å²) in [5.41, 5.74) is 1.15. The standard InChI is InChI=1S/C17H26FN3/c18-16-4-6-17(7-5-16)21-10-2-9-20(11-12-21)14-15-3-1-8-19-13-15/h4-7,15,19H,1-3,8-14H2/t15-/m0/s1. The SMILES string of the molecule is Fc1ccc(N2CCCN(C[C@H]3CCCNC3)CC2)cc1. The van der Waals surface area contributed by atoms with Crippen LogP contribution in [0.4, 0.5) is 10.1 Å². The third-order valence-electron chi connectivity index (χ3n) is 4.70. The molecule has 0 saturated carbocycles. The Hall–Kier alpha value is -1.13. The lowest BCUT2D eigenvalue weighted by atomic mass is 9.99. The molecule has 2 saturated heterocycles. The zero-order valence-electron chi connectivity index (χ0n) is 12.7. The quantitative estimate of drug-likeness (QED) is 0.922. The van der Waals surface area contributed by atoms with Crippen molar-refractivity contribution in [2.75, 3.05) is 50.7 Å². The normalized spacial score (nSPS) is 24.8. The lowest BCUT2D eigenvalue weighted by Crippen LogP contribution is -2.39. The minimum absolute atomic E-state index is 0.153. The molecule has 0 aliphatic carbocycles. The van der Waals surface area contributed by atoms with Gasteiger partial charge in [0.2, 0.25) is 0 Å². The van der Waals surface area contributed by atoms with Crippen LogP contribution >= 0.6 is 0 Å². The Labute approximate surface area is 127 Å². The van der Waals surface area contributed by atoms with E-state index in [0.717, 1.165) is 31.2 Å². The molecule has 2 fully saturated rings. The zero-order valence-corrected chi connectivity index (χ0v) is 12.7. The summed E-state index contributed by atoms with van der Waals surface area (Å²) in [5, 5.41) is 3.51. The fraction of sp³-hybridized carbons (Fsp3) is 0.647. The third-order valence-corrected chi connectivity index (χ3v) is 4.70. The highest BCUT2D eigenvalue weighted by Crippen LogP contribution is 2.18. The second kappa shape index (κ2) is 7.23. The maximum Gasteiger partial charge on any atom is 0.123 e. The molecule has 3 rings (SSSR count). The summed E-state index contributed by atoms with van der Waals surface area (Å²) in [6, 6.07) is 6.92. The van der Waals surface area contributed by atoms with Crippen LogP contribution < -0.4 is 10.2 Å². The molecular formula is C17H26FN3. The van der Waals surface area contributed by atoms with Crippen LogP contribution in [0.5, 0.6) is 0 Å². The van der Waals surface area contributed by atoms with Crippen molar-refractivity contribution < 1.29 is 4.39 Å². The number of hydrogen-bond acceptors (Lipinski definition) is 3. The van der Waals surface area contributed by atoms with Gasteiger partial charge in [0, 0.05) is 31.9 Å². The van der Waals surface area contributed by atoms with Crippen LogP contribution in [0.3, 0.4) is 0 Å². The summed E-state index contributed by atoms with van der Waals surface area (Å²) in [5.74, 6) is 0.663. The van der Waals surface area contributed by atoms with Gasteiger partial charge in [0.15, 0.2) is 0 Å². The summed E-state index contributed by atoms with van der Waals surface area (Å²) < 4.78 is 13.0. The van der Waals surface area contributed by atoms with Gasteiger partial charge in [-0.25, -0.2) is 4.39 Å². The van der Waals surface area contributed by atoms with Crippen molar-refractivity contribution in [3.8, 4) is 0 Å². The lowest BCUT2D eigenvalue weighted by molar-refractivity contribution is 0.219. The monoisotopic (exact) mass is 291 g/mol. The Kier molecular flexibility index (Phi) is 5.09. The summed E-state index contributed by atoms with van der Waals surface area (Å²) >= 11 is 0. The molecule has 1 aromatic rings. The number of rotatable bonds is 3. The Morgan fingerprint density at radius 3 is 2.67 bits per heavy atom. The van der Waals surface area contributed by atoms with Crippen molar-refractivity contribution in [2.24, 2.45) is 5.92 Å². The molecule has 3 nitrogen and oxygen atoms in total. The Balaban J connectivity index is 1.52. The number of benzene rings is 1. The number of hydrogen-bond donors (Lipinski definition) is 1. The van der Waals surface area contributed by atoms with Crippen molar-refractivity contribution in [3.63, 3.8) is 0 Å². The zero-order chi connectivity index (χ0) is 14.5. The average Bonchev–Trinajstić information content (AvgIpc) is 2.75. The molecule has 0 bridgehead atoms. The summed E-state index contributed by atoms with van der Waals surface area (Å²) in [6.45, 7) is 8.02. The fourth-order valence-corrected chi connectivity index (χ4v) is 3.51. The number of anilines is 1. The molecule has 2 aliphatic rings. The highest BCUT2D eigenvalue weighted by Gasteiger charge is 2.20. The first kappa shape index (κ1) is 14.8. The van der Waals surface area contributed by atoms with Gasteiger partial charge in [-0.15, -0.1) is 0 Å². The van der Waals surface area contributed by atoms with E-state index in [4.69, 9.17) is 0 Å². The number of nitrogens with zero attached hydrogens (tertiary/aromatic N) is 2. The van der Waals surface area contributed by atoms with E-state index >= 15 is 0 Å². The van der Waals surface area contributed by atoms with Crippen LogP contribution in [0, 0.1) is 11.7 Å². The van der Waals surface area contributed by atoms with Crippen LogP contribution in [0.25, 0.3) is 0 Å². The van der Waals surface area contributed by atoms with Crippen LogP contribution in [-0.2, 0) is 0 Å². The maximum atomic E-state index is 13.0. The smallest absolute Gasteiger partial charge is 0.123 e. The predicted octanol–water partition coefficient (Wildman–Crippen LogP) is 2.34. The van der Waals surface area contributed by atoms with E-state index in [0.29, 0.717) is 0 Å².